The Hall–Kier alpha value is -5.33. The van der Waals surface area contributed by atoms with Crippen LogP contribution < -0.4 is 0 Å². The molecule has 4 saturated carbocycles. The van der Waals surface area contributed by atoms with Crippen molar-refractivity contribution in [3.05, 3.63) is 144 Å². The molecule has 5 aromatic carbocycles. The highest BCUT2D eigenvalue weighted by atomic mass is 14.9. The Morgan fingerprint density at radius 3 is 1.54 bits per heavy atom. The van der Waals surface area contributed by atoms with Gasteiger partial charge in [-0.15, -0.1) is 0 Å². The summed E-state index contributed by atoms with van der Waals surface area (Å²) in [5.74, 6) is 3.82. The molecule has 4 fully saturated rings. The molecule has 6 aromatic rings. The van der Waals surface area contributed by atoms with Crippen LogP contribution in [0.15, 0.2) is 127 Å². The number of rotatable bonds is 4. The van der Waals surface area contributed by atoms with E-state index in [9.17, 15) is 5.26 Å². The van der Waals surface area contributed by atoms with E-state index in [4.69, 9.17) is 9.97 Å². The summed E-state index contributed by atoms with van der Waals surface area (Å²) in [5.41, 5.74) is 14.1. The van der Waals surface area contributed by atoms with Crippen molar-refractivity contribution in [2.24, 2.45) is 23.7 Å². The average Bonchev–Trinajstić information content (AvgIpc) is 3.43. The van der Waals surface area contributed by atoms with Gasteiger partial charge in [-0.3, -0.25) is 0 Å². The van der Waals surface area contributed by atoms with Crippen LogP contribution in [0.3, 0.4) is 0 Å². The molecular weight excluding hydrogens is 583 g/mol. The maximum atomic E-state index is 9.40. The van der Waals surface area contributed by atoms with E-state index in [0.29, 0.717) is 17.4 Å². The summed E-state index contributed by atoms with van der Waals surface area (Å²) in [6, 6.07) is 47.7. The quantitative estimate of drug-likeness (QED) is 0.198. The number of fused-ring (bicyclic) bond motifs is 3. The lowest BCUT2D eigenvalue weighted by Crippen LogP contribution is -2.55. The van der Waals surface area contributed by atoms with Crippen LogP contribution in [0.2, 0.25) is 0 Å². The summed E-state index contributed by atoms with van der Waals surface area (Å²) >= 11 is 0. The molecule has 11 rings (SSSR count). The lowest BCUT2D eigenvalue weighted by atomic mass is 9.43. The van der Waals surface area contributed by atoms with Crippen molar-refractivity contribution in [3.63, 3.8) is 0 Å². The van der Waals surface area contributed by atoms with Gasteiger partial charge in [-0.1, -0.05) is 97.1 Å². The predicted molar refractivity (Wildman–Crippen MR) is 192 cm³/mol. The molecule has 48 heavy (non-hydrogen) atoms. The molecule has 0 atom stereocenters. The predicted octanol–water partition coefficient (Wildman–Crippen LogP) is 10.7. The number of aromatic nitrogens is 2. The Morgan fingerprint density at radius 2 is 1.00 bits per heavy atom. The molecule has 5 aliphatic rings. The van der Waals surface area contributed by atoms with E-state index in [1.807, 2.05) is 12.1 Å². The van der Waals surface area contributed by atoms with Crippen LogP contribution >= 0.6 is 0 Å². The van der Waals surface area contributed by atoms with Crippen molar-refractivity contribution in [3.8, 4) is 62.2 Å². The topological polar surface area (TPSA) is 49.6 Å². The molecule has 1 spiro atoms. The third kappa shape index (κ3) is 4.12. The van der Waals surface area contributed by atoms with Crippen molar-refractivity contribution in [1.82, 2.24) is 9.97 Å². The van der Waals surface area contributed by atoms with Crippen molar-refractivity contribution in [2.75, 3.05) is 0 Å². The van der Waals surface area contributed by atoms with Crippen LogP contribution in [0.4, 0.5) is 0 Å². The van der Waals surface area contributed by atoms with Crippen molar-refractivity contribution < 1.29 is 0 Å². The Labute approximate surface area is 282 Å². The number of nitrogens with zero attached hydrogens (tertiary/aromatic N) is 3. The Balaban J connectivity index is 1.16. The van der Waals surface area contributed by atoms with Crippen LogP contribution in [0.5, 0.6) is 0 Å². The first-order valence-electron chi connectivity index (χ1n) is 17.5. The summed E-state index contributed by atoms with van der Waals surface area (Å²) in [6.45, 7) is 0. The zero-order chi connectivity index (χ0) is 31.8. The standard InChI is InChI=1S/C45H35N3/c46-27-28-11-13-31(14-12-28)34-15-17-38-39-18-16-35(25-41(39)45(40(38)24-34)36-20-29-19-30(22-36)23-37(45)21-29)44-47-42(32-7-3-1-4-8-32)26-43(48-44)33-9-5-2-6-10-33/h1-18,24-26,29-30,36-37H,19-23H2. The van der Waals surface area contributed by atoms with Gasteiger partial charge in [0, 0.05) is 22.1 Å². The minimum absolute atomic E-state index is 0.00992. The minimum Gasteiger partial charge on any atom is -0.228 e. The molecule has 4 bridgehead atoms. The van der Waals surface area contributed by atoms with E-state index in [2.05, 4.69) is 121 Å². The molecule has 3 heteroatoms. The Kier molecular flexibility index (Phi) is 6.12. The second kappa shape index (κ2) is 10.6. The minimum atomic E-state index is 0.00992. The summed E-state index contributed by atoms with van der Waals surface area (Å²) in [7, 11) is 0. The van der Waals surface area contributed by atoms with E-state index < -0.39 is 0 Å². The van der Waals surface area contributed by atoms with Crippen LogP contribution in [-0.4, -0.2) is 9.97 Å². The van der Waals surface area contributed by atoms with Crippen molar-refractivity contribution in [2.45, 2.75) is 37.5 Å². The summed E-state index contributed by atoms with van der Waals surface area (Å²) in [4.78, 5) is 10.5. The first-order valence-corrected chi connectivity index (χ1v) is 17.5. The van der Waals surface area contributed by atoms with Gasteiger partial charge in [-0.2, -0.15) is 5.26 Å². The molecule has 1 heterocycles. The zero-order valence-corrected chi connectivity index (χ0v) is 26.8. The van der Waals surface area contributed by atoms with Gasteiger partial charge in [0.1, 0.15) is 0 Å². The van der Waals surface area contributed by atoms with Crippen LogP contribution in [0.1, 0.15) is 48.8 Å². The lowest BCUT2D eigenvalue weighted by molar-refractivity contribution is -0.0399. The van der Waals surface area contributed by atoms with Gasteiger partial charge in [0.05, 0.1) is 23.0 Å². The molecule has 3 nitrogen and oxygen atoms in total. The van der Waals surface area contributed by atoms with E-state index in [-0.39, 0.29) is 5.41 Å². The molecule has 1 aromatic heterocycles. The maximum absolute atomic E-state index is 9.40. The molecule has 0 N–H and O–H groups in total. The SMILES string of the molecule is N#Cc1ccc(-c2ccc3c(c2)C2(c4cc(-c5nc(-c6ccccc6)cc(-c6ccccc6)n5)ccc4-3)C3CC4CC(C3)CC2C4)cc1. The average molecular weight is 618 g/mol. The fraction of sp³-hybridized carbons (Fsp3) is 0.222. The van der Waals surface area contributed by atoms with Gasteiger partial charge >= 0.3 is 0 Å². The summed E-state index contributed by atoms with van der Waals surface area (Å²) in [6.07, 6.45) is 6.74. The van der Waals surface area contributed by atoms with Crippen LogP contribution in [-0.2, 0) is 5.41 Å². The third-order valence-corrected chi connectivity index (χ3v) is 12.1. The monoisotopic (exact) mass is 617 g/mol. The van der Waals surface area contributed by atoms with Gasteiger partial charge in [0.25, 0.3) is 0 Å². The van der Waals surface area contributed by atoms with Gasteiger partial charge in [-0.05, 0) is 119 Å². The van der Waals surface area contributed by atoms with E-state index >= 15 is 0 Å². The van der Waals surface area contributed by atoms with E-state index in [1.54, 1.807) is 0 Å². The lowest BCUT2D eigenvalue weighted by Gasteiger charge is -2.61. The second-order valence-corrected chi connectivity index (χ2v) is 14.6. The smallest absolute Gasteiger partial charge is 0.160 e. The highest BCUT2D eigenvalue weighted by molar-refractivity contribution is 5.87. The maximum Gasteiger partial charge on any atom is 0.160 e. The molecule has 0 radical (unpaired) electrons. The molecule has 230 valence electrons. The van der Waals surface area contributed by atoms with Crippen LogP contribution in [0.25, 0.3) is 56.2 Å². The Morgan fingerprint density at radius 1 is 0.500 bits per heavy atom. The molecule has 0 aliphatic heterocycles. The summed E-state index contributed by atoms with van der Waals surface area (Å²) in [5, 5.41) is 9.40. The number of hydrogen-bond donors (Lipinski definition) is 0. The van der Waals surface area contributed by atoms with Crippen molar-refractivity contribution in [1.29, 1.82) is 5.26 Å². The van der Waals surface area contributed by atoms with Gasteiger partial charge < -0.3 is 0 Å². The molecule has 0 amide bonds. The van der Waals surface area contributed by atoms with E-state index in [1.165, 1.54) is 65.5 Å². The van der Waals surface area contributed by atoms with E-state index in [0.717, 1.165) is 45.7 Å². The van der Waals surface area contributed by atoms with Gasteiger partial charge in [0.15, 0.2) is 5.82 Å². The molecular formula is C45H35N3. The van der Waals surface area contributed by atoms with Gasteiger partial charge in [0.2, 0.25) is 0 Å². The third-order valence-electron chi connectivity index (χ3n) is 12.1. The highest BCUT2D eigenvalue weighted by Gasteiger charge is 2.61. The zero-order valence-electron chi connectivity index (χ0n) is 26.8. The number of nitriles is 1. The largest absolute Gasteiger partial charge is 0.228 e. The highest BCUT2D eigenvalue weighted by Crippen LogP contribution is 2.69. The first-order chi connectivity index (χ1) is 23.7. The normalized spacial score (nSPS) is 24.3. The fourth-order valence-corrected chi connectivity index (χ4v) is 10.3. The second-order valence-electron chi connectivity index (χ2n) is 14.6. The van der Waals surface area contributed by atoms with Crippen LogP contribution in [0, 0.1) is 35.0 Å². The Bertz CT molecular complexity index is 2160. The molecule has 0 unspecified atom stereocenters. The number of benzene rings is 5. The molecule has 5 aliphatic carbocycles. The molecule has 0 saturated heterocycles. The summed E-state index contributed by atoms with van der Waals surface area (Å²) < 4.78 is 0. The van der Waals surface area contributed by atoms with Gasteiger partial charge in [-0.25, -0.2) is 9.97 Å². The number of hydrogen-bond acceptors (Lipinski definition) is 3. The van der Waals surface area contributed by atoms with Crippen molar-refractivity contribution >= 4 is 0 Å². The first kappa shape index (κ1) is 27.8. The fourth-order valence-electron chi connectivity index (χ4n) is 10.3.